The van der Waals surface area contributed by atoms with Gasteiger partial charge in [-0.25, -0.2) is 4.79 Å². The summed E-state index contributed by atoms with van der Waals surface area (Å²) in [7, 11) is 0. The van der Waals surface area contributed by atoms with Crippen LogP contribution in [0.5, 0.6) is 0 Å². The number of carbonyl (C=O) groups is 3. The quantitative estimate of drug-likeness (QED) is 0.732. The van der Waals surface area contributed by atoms with Gasteiger partial charge in [0.25, 0.3) is 0 Å². The molecule has 3 amide bonds. The van der Waals surface area contributed by atoms with Crippen LogP contribution in [-0.4, -0.2) is 48.0 Å². The number of nitrogens with one attached hydrogen (secondary N) is 1. The Morgan fingerprint density at radius 1 is 1.09 bits per heavy atom. The minimum atomic E-state index is -0.654. The highest BCUT2D eigenvalue weighted by Gasteiger charge is 2.28. The zero-order valence-electron chi connectivity index (χ0n) is 19.2. The average molecular weight is 438 g/mol. The Morgan fingerprint density at radius 2 is 1.84 bits per heavy atom. The van der Waals surface area contributed by atoms with Crippen LogP contribution in [0.25, 0.3) is 0 Å². The van der Waals surface area contributed by atoms with Gasteiger partial charge in [0, 0.05) is 17.9 Å². The largest absolute Gasteiger partial charge is 0.459 e. The lowest BCUT2D eigenvalue weighted by molar-refractivity contribution is -0.153. The highest BCUT2D eigenvalue weighted by molar-refractivity contribution is 6.01. The summed E-state index contributed by atoms with van der Waals surface area (Å²) < 4.78 is 5.45. The summed E-state index contributed by atoms with van der Waals surface area (Å²) in [6.07, 6.45) is 1.38. The molecule has 1 heterocycles. The lowest BCUT2D eigenvalue weighted by Gasteiger charge is -2.28. The first-order valence-corrected chi connectivity index (χ1v) is 10.8. The van der Waals surface area contributed by atoms with E-state index in [1.807, 2.05) is 55.5 Å². The topological polar surface area (TPSA) is 79.0 Å². The van der Waals surface area contributed by atoms with Gasteiger partial charge in [-0.2, -0.15) is 0 Å². The lowest BCUT2D eigenvalue weighted by Crippen LogP contribution is -2.46. The van der Waals surface area contributed by atoms with Crippen molar-refractivity contribution in [3.8, 4) is 0 Å². The highest BCUT2D eigenvalue weighted by atomic mass is 16.6. The number of para-hydroxylation sites is 1. The minimum absolute atomic E-state index is 0.130. The van der Waals surface area contributed by atoms with Crippen LogP contribution in [0.2, 0.25) is 0 Å². The number of ether oxygens (including phenoxy) is 1. The number of nitrogens with zero attached hydrogens (tertiary/aromatic N) is 2. The fraction of sp³-hybridized carbons (Fsp3) is 0.400. The predicted octanol–water partition coefficient (Wildman–Crippen LogP) is 4.15. The van der Waals surface area contributed by atoms with Crippen LogP contribution in [0, 0.1) is 6.92 Å². The van der Waals surface area contributed by atoms with Gasteiger partial charge in [-0.05, 0) is 69.9 Å². The molecule has 1 N–H and O–H groups in total. The first-order valence-electron chi connectivity index (χ1n) is 10.8. The number of rotatable bonds is 3. The van der Waals surface area contributed by atoms with Gasteiger partial charge in [0.2, 0.25) is 5.91 Å². The summed E-state index contributed by atoms with van der Waals surface area (Å²) in [4.78, 5) is 41.7. The Labute approximate surface area is 189 Å². The molecular weight excluding hydrogens is 406 g/mol. The molecular formula is C25H31N3O4. The standard InChI is InChI=1S/C25H31N3O4/c1-18-9-7-12-20(15-18)26-24(31)27-14-8-11-19-10-5-6-13-21(19)28(22(29)16-27)17-23(30)32-25(2,3)4/h5-7,9-10,12-13,15H,8,11,14,16-17H2,1-4H3,(H,26,31). The maximum absolute atomic E-state index is 13.3. The zero-order valence-corrected chi connectivity index (χ0v) is 19.2. The van der Waals surface area contributed by atoms with Crippen molar-refractivity contribution >= 4 is 29.3 Å². The Hall–Kier alpha value is -3.35. The van der Waals surface area contributed by atoms with Crippen molar-refractivity contribution in [2.45, 2.75) is 46.1 Å². The molecule has 0 spiro atoms. The first-order chi connectivity index (χ1) is 15.1. The number of benzene rings is 2. The van der Waals surface area contributed by atoms with Gasteiger partial charge in [0.05, 0.1) is 0 Å². The van der Waals surface area contributed by atoms with Gasteiger partial charge in [0.15, 0.2) is 0 Å². The molecule has 0 fully saturated rings. The number of hydrogen-bond donors (Lipinski definition) is 1. The van der Waals surface area contributed by atoms with Crippen LogP contribution in [0.4, 0.5) is 16.2 Å². The molecule has 170 valence electrons. The molecule has 0 unspecified atom stereocenters. The van der Waals surface area contributed by atoms with Gasteiger partial charge < -0.3 is 15.0 Å². The van der Waals surface area contributed by atoms with Crippen LogP contribution in [0.3, 0.4) is 0 Å². The molecule has 0 aliphatic carbocycles. The Morgan fingerprint density at radius 3 is 2.56 bits per heavy atom. The van der Waals surface area contributed by atoms with E-state index in [-0.39, 0.29) is 25.0 Å². The maximum atomic E-state index is 13.3. The Balaban J connectivity index is 1.82. The van der Waals surface area contributed by atoms with Gasteiger partial charge in [-0.15, -0.1) is 0 Å². The van der Waals surface area contributed by atoms with E-state index in [4.69, 9.17) is 4.74 Å². The van der Waals surface area contributed by atoms with Crippen molar-refractivity contribution < 1.29 is 19.1 Å². The van der Waals surface area contributed by atoms with E-state index in [1.54, 1.807) is 20.8 Å². The van der Waals surface area contributed by atoms with Crippen molar-refractivity contribution in [1.82, 2.24) is 4.90 Å². The number of fused-ring (bicyclic) bond motifs is 1. The van der Waals surface area contributed by atoms with E-state index < -0.39 is 11.6 Å². The van der Waals surface area contributed by atoms with Crippen molar-refractivity contribution in [3.63, 3.8) is 0 Å². The van der Waals surface area contributed by atoms with E-state index in [2.05, 4.69) is 5.32 Å². The number of hydrogen-bond acceptors (Lipinski definition) is 4. The summed E-state index contributed by atoms with van der Waals surface area (Å²) in [5.74, 6) is -0.819. The summed E-state index contributed by atoms with van der Waals surface area (Å²) in [6.45, 7) is 7.40. The van der Waals surface area contributed by atoms with Crippen LogP contribution in [-0.2, 0) is 20.7 Å². The van der Waals surface area contributed by atoms with Gasteiger partial charge in [-0.3, -0.25) is 14.5 Å². The van der Waals surface area contributed by atoms with E-state index in [0.717, 1.165) is 11.1 Å². The smallest absolute Gasteiger partial charge is 0.326 e. The minimum Gasteiger partial charge on any atom is -0.459 e. The lowest BCUT2D eigenvalue weighted by atomic mass is 10.1. The Kier molecular flexibility index (Phi) is 7.18. The molecule has 2 aromatic rings. The predicted molar refractivity (Wildman–Crippen MR) is 125 cm³/mol. The SMILES string of the molecule is Cc1cccc(NC(=O)N2CCCc3ccccc3N(CC(=O)OC(C)(C)C)C(=O)C2)c1. The molecule has 1 aliphatic rings. The molecule has 1 aliphatic heterocycles. The molecule has 0 saturated carbocycles. The van der Waals surface area contributed by atoms with Gasteiger partial charge in [0.1, 0.15) is 18.7 Å². The number of aryl methyl sites for hydroxylation is 2. The first kappa shape index (κ1) is 23.3. The molecule has 32 heavy (non-hydrogen) atoms. The van der Waals surface area contributed by atoms with Gasteiger partial charge >= 0.3 is 12.0 Å². The molecule has 3 rings (SSSR count). The molecule has 7 heteroatoms. The normalized spacial score (nSPS) is 14.7. The van der Waals surface area contributed by atoms with Crippen molar-refractivity contribution in [1.29, 1.82) is 0 Å². The van der Waals surface area contributed by atoms with Crippen molar-refractivity contribution in [3.05, 3.63) is 59.7 Å². The number of amides is 3. The van der Waals surface area contributed by atoms with Crippen LogP contribution in [0.1, 0.15) is 38.3 Å². The second kappa shape index (κ2) is 9.85. The molecule has 0 aromatic heterocycles. The van der Waals surface area contributed by atoms with E-state index in [9.17, 15) is 14.4 Å². The summed E-state index contributed by atoms with van der Waals surface area (Å²) in [5.41, 5.74) is 2.70. The van der Waals surface area contributed by atoms with Gasteiger partial charge in [-0.1, -0.05) is 30.3 Å². The fourth-order valence-electron chi connectivity index (χ4n) is 3.68. The molecule has 7 nitrogen and oxygen atoms in total. The van der Waals surface area contributed by atoms with E-state index in [1.165, 1.54) is 9.80 Å². The monoisotopic (exact) mass is 437 g/mol. The third-order valence-corrected chi connectivity index (χ3v) is 5.05. The summed E-state index contributed by atoms with van der Waals surface area (Å²) >= 11 is 0. The number of esters is 1. The van der Waals surface area contributed by atoms with Crippen LogP contribution < -0.4 is 10.2 Å². The Bertz CT molecular complexity index is 997. The second-order valence-electron chi connectivity index (χ2n) is 9.02. The summed E-state index contributed by atoms with van der Waals surface area (Å²) in [6, 6.07) is 14.7. The van der Waals surface area contributed by atoms with Crippen LogP contribution in [0.15, 0.2) is 48.5 Å². The van der Waals surface area contributed by atoms with Crippen LogP contribution >= 0.6 is 0 Å². The molecule has 0 saturated heterocycles. The van der Waals surface area contributed by atoms with Crippen molar-refractivity contribution in [2.75, 3.05) is 29.9 Å². The number of anilines is 2. The number of carbonyl (C=O) groups excluding carboxylic acids is 3. The average Bonchev–Trinajstić information content (AvgIpc) is 2.76. The molecule has 0 atom stereocenters. The third kappa shape index (κ3) is 6.33. The second-order valence-corrected chi connectivity index (χ2v) is 9.02. The zero-order chi connectivity index (χ0) is 23.3. The van der Waals surface area contributed by atoms with E-state index >= 15 is 0 Å². The number of urea groups is 1. The molecule has 0 radical (unpaired) electrons. The maximum Gasteiger partial charge on any atom is 0.326 e. The molecule has 0 bridgehead atoms. The highest BCUT2D eigenvalue weighted by Crippen LogP contribution is 2.24. The molecule has 2 aromatic carbocycles. The van der Waals surface area contributed by atoms with E-state index in [0.29, 0.717) is 30.8 Å². The van der Waals surface area contributed by atoms with Crippen molar-refractivity contribution in [2.24, 2.45) is 0 Å². The fourth-order valence-corrected chi connectivity index (χ4v) is 3.68. The summed E-state index contributed by atoms with van der Waals surface area (Å²) in [5, 5.41) is 2.87. The third-order valence-electron chi connectivity index (χ3n) is 5.05.